The number of anilines is 1. The van der Waals surface area contributed by atoms with Gasteiger partial charge in [-0.3, -0.25) is 0 Å². The number of nitrogens with one attached hydrogen (secondary N) is 1. The molecule has 0 spiro atoms. The lowest BCUT2D eigenvalue weighted by atomic mass is 10.1. The van der Waals surface area contributed by atoms with Crippen molar-refractivity contribution < 1.29 is 0 Å². The van der Waals surface area contributed by atoms with Crippen LogP contribution < -0.4 is 5.32 Å². The molecule has 1 aromatic heterocycles. The van der Waals surface area contributed by atoms with E-state index in [9.17, 15) is 0 Å². The second-order valence-corrected chi connectivity index (χ2v) is 5.72. The molecule has 0 amide bonds. The van der Waals surface area contributed by atoms with Crippen LogP contribution in [0.5, 0.6) is 0 Å². The molecule has 1 N–H and O–H groups in total. The molecule has 0 aliphatic heterocycles. The van der Waals surface area contributed by atoms with Crippen LogP contribution in [0.25, 0.3) is 11.3 Å². The van der Waals surface area contributed by atoms with Crippen LogP contribution in [0.15, 0.2) is 29.6 Å². The fourth-order valence-electron chi connectivity index (χ4n) is 1.69. The Morgan fingerprint density at radius 1 is 1.22 bits per heavy atom. The zero-order chi connectivity index (χ0) is 13.0. The summed E-state index contributed by atoms with van der Waals surface area (Å²) < 4.78 is 0. The molecule has 0 fully saturated rings. The fraction of sp³-hybridized carbons (Fsp3) is 0.400. The summed E-state index contributed by atoms with van der Waals surface area (Å²) in [5, 5.41) is 6.49. The van der Waals surface area contributed by atoms with E-state index in [1.165, 1.54) is 11.1 Å². The predicted octanol–water partition coefficient (Wildman–Crippen LogP) is 4.44. The summed E-state index contributed by atoms with van der Waals surface area (Å²) in [6.07, 6.45) is 1.08. The van der Waals surface area contributed by atoms with E-state index in [0.29, 0.717) is 5.92 Å². The maximum atomic E-state index is 4.62. The van der Waals surface area contributed by atoms with Crippen LogP contribution in [0.3, 0.4) is 0 Å². The molecule has 0 aliphatic rings. The Balaban J connectivity index is 2.08. The van der Waals surface area contributed by atoms with E-state index in [1.54, 1.807) is 11.3 Å². The number of aryl methyl sites for hydroxylation is 1. The molecule has 0 atom stereocenters. The number of hydrogen-bond donors (Lipinski definition) is 1. The molecule has 1 heterocycles. The van der Waals surface area contributed by atoms with E-state index in [4.69, 9.17) is 0 Å². The lowest BCUT2D eigenvalue weighted by molar-refractivity contribution is 0.688. The van der Waals surface area contributed by atoms with Crippen LogP contribution in [-0.2, 0) is 6.42 Å². The highest BCUT2D eigenvalue weighted by Gasteiger charge is 2.04. The summed E-state index contributed by atoms with van der Waals surface area (Å²) in [5.74, 6) is 0.640. The largest absolute Gasteiger partial charge is 0.361 e. The topological polar surface area (TPSA) is 24.9 Å². The summed E-state index contributed by atoms with van der Waals surface area (Å²) in [4.78, 5) is 4.62. The number of nitrogens with zero attached hydrogens (tertiary/aromatic N) is 1. The number of aromatic nitrogens is 1. The zero-order valence-corrected chi connectivity index (χ0v) is 12.1. The van der Waals surface area contributed by atoms with E-state index in [0.717, 1.165) is 23.8 Å². The Hall–Kier alpha value is -1.35. The molecule has 0 saturated carbocycles. The van der Waals surface area contributed by atoms with E-state index in [-0.39, 0.29) is 0 Å². The van der Waals surface area contributed by atoms with E-state index in [2.05, 4.69) is 60.7 Å². The Kier molecular flexibility index (Phi) is 4.37. The molecule has 2 aromatic rings. The van der Waals surface area contributed by atoms with Crippen LogP contribution in [0, 0.1) is 5.92 Å². The number of hydrogen-bond acceptors (Lipinski definition) is 3. The molecule has 0 unspecified atom stereocenters. The normalized spacial score (nSPS) is 10.9. The lowest BCUT2D eigenvalue weighted by Crippen LogP contribution is -2.07. The van der Waals surface area contributed by atoms with E-state index >= 15 is 0 Å². The van der Waals surface area contributed by atoms with Gasteiger partial charge in [0, 0.05) is 17.5 Å². The van der Waals surface area contributed by atoms with Crippen molar-refractivity contribution in [1.29, 1.82) is 0 Å². The average Bonchev–Trinajstić information content (AvgIpc) is 2.85. The molecule has 0 aliphatic carbocycles. The van der Waals surface area contributed by atoms with Crippen molar-refractivity contribution >= 4 is 16.5 Å². The Morgan fingerprint density at radius 3 is 2.56 bits per heavy atom. The molecule has 96 valence electrons. The van der Waals surface area contributed by atoms with Crippen LogP contribution in [0.1, 0.15) is 26.3 Å². The van der Waals surface area contributed by atoms with Gasteiger partial charge in [-0.15, -0.1) is 11.3 Å². The third-order valence-corrected chi connectivity index (χ3v) is 3.62. The SMILES string of the molecule is CCc1ccc(-c2csc(NCC(C)C)n2)cc1. The average molecular weight is 260 g/mol. The van der Waals surface area contributed by atoms with E-state index in [1.807, 2.05) is 0 Å². The molecule has 1 aromatic carbocycles. The molecule has 0 saturated heterocycles. The summed E-state index contributed by atoms with van der Waals surface area (Å²) in [7, 11) is 0. The Labute approximate surface area is 113 Å². The van der Waals surface area contributed by atoms with Gasteiger partial charge < -0.3 is 5.32 Å². The minimum atomic E-state index is 0.640. The molecular formula is C15H20N2S. The maximum absolute atomic E-state index is 4.62. The van der Waals surface area contributed by atoms with Crippen molar-refractivity contribution in [3.63, 3.8) is 0 Å². The van der Waals surface area contributed by atoms with Gasteiger partial charge in [0.1, 0.15) is 0 Å². The molecule has 2 nitrogen and oxygen atoms in total. The number of thiazole rings is 1. The number of benzene rings is 1. The summed E-state index contributed by atoms with van der Waals surface area (Å²) in [6.45, 7) is 7.55. The first kappa shape index (κ1) is 13.1. The Bertz CT molecular complexity index is 485. The standard InChI is InChI=1S/C15H20N2S/c1-4-12-5-7-13(8-6-12)14-10-18-15(17-14)16-9-11(2)3/h5-8,10-11H,4,9H2,1-3H3,(H,16,17). The highest BCUT2D eigenvalue weighted by atomic mass is 32.1. The quantitative estimate of drug-likeness (QED) is 0.859. The molecule has 0 radical (unpaired) electrons. The maximum Gasteiger partial charge on any atom is 0.183 e. The van der Waals surface area contributed by atoms with Crippen molar-refractivity contribution in [2.45, 2.75) is 27.2 Å². The molecule has 18 heavy (non-hydrogen) atoms. The van der Waals surface area contributed by atoms with Gasteiger partial charge in [0.25, 0.3) is 0 Å². The van der Waals surface area contributed by atoms with Gasteiger partial charge in [-0.1, -0.05) is 45.0 Å². The second-order valence-electron chi connectivity index (χ2n) is 4.86. The monoisotopic (exact) mass is 260 g/mol. The molecular weight excluding hydrogens is 240 g/mol. The summed E-state index contributed by atoms with van der Waals surface area (Å²) >= 11 is 1.67. The van der Waals surface area contributed by atoms with E-state index < -0.39 is 0 Å². The van der Waals surface area contributed by atoms with Gasteiger partial charge in [-0.05, 0) is 17.9 Å². The minimum Gasteiger partial charge on any atom is -0.361 e. The first-order valence-electron chi connectivity index (χ1n) is 6.47. The van der Waals surface area contributed by atoms with Gasteiger partial charge in [0.05, 0.1) is 5.69 Å². The lowest BCUT2D eigenvalue weighted by Gasteiger charge is -2.04. The Morgan fingerprint density at radius 2 is 1.94 bits per heavy atom. The van der Waals surface area contributed by atoms with Crippen molar-refractivity contribution in [3.8, 4) is 11.3 Å². The smallest absolute Gasteiger partial charge is 0.183 e. The van der Waals surface area contributed by atoms with Crippen LogP contribution in [0.4, 0.5) is 5.13 Å². The molecule has 2 rings (SSSR count). The number of rotatable bonds is 5. The third-order valence-electron chi connectivity index (χ3n) is 2.82. The van der Waals surface area contributed by atoms with Gasteiger partial charge in [0.15, 0.2) is 5.13 Å². The highest BCUT2D eigenvalue weighted by Crippen LogP contribution is 2.25. The van der Waals surface area contributed by atoms with Crippen LogP contribution >= 0.6 is 11.3 Å². The minimum absolute atomic E-state index is 0.640. The molecule has 0 bridgehead atoms. The predicted molar refractivity (Wildman–Crippen MR) is 80.3 cm³/mol. The summed E-state index contributed by atoms with van der Waals surface area (Å²) in [5.41, 5.74) is 3.63. The van der Waals surface area contributed by atoms with Gasteiger partial charge in [-0.25, -0.2) is 4.98 Å². The summed E-state index contributed by atoms with van der Waals surface area (Å²) in [6, 6.07) is 8.66. The van der Waals surface area contributed by atoms with Gasteiger partial charge >= 0.3 is 0 Å². The van der Waals surface area contributed by atoms with Crippen molar-refractivity contribution in [2.75, 3.05) is 11.9 Å². The molecule has 3 heteroatoms. The van der Waals surface area contributed by atoms with Crippen molar-refractivity contribution in [3.05, 3.63) is 35.2 Å². The van der Waals surface area contributed by atoms with Gasteiger partial charge in [-0.2, -0.15) is 0 Å². The second kappa shape index (κ2) is 6.01. The third kappa shape index (κ3) is 3.33. The van der Waals surface area contributed by atoms with Gasteiger partial charge in [0.2, 0.25) is 0 Å². The zero-order valence-electron chi connectivity index (χ0n) is 11.2. The first-order valence-corrected chi connectivity index (χ1v) is 7.35. The van der Waals surface area contributed by atoms with Crippen LogP contribution in [-0.4, -0.2) is 11.5 Å². The van der Waals surface area contributed by atoms with Crippen molar-refractivity contribution in [2.24, 2.45) is 5.92 Å². The first-order chi connectivity index (χ1) is 8.69. The fourth-order valence-corrected chi connectivity index (χ4v) is 2.42. The highest BCUT2D eigenvalue weighted by molar-refractivity contribution is 7.14. The van der Waals surface area contributed by atoms with Crippen molar-refractivity contribution in [1.82, 2.24) is 4.98 Å². The van der Waals surface area contributed by atoms with Crippen LogP contribution in [0.2, 0.25) is 0 Å².